The summed E-state index contributed by atoms with van der Waals surface area (Å²) in [6, 6.07) is 20.7. The van der Waals surface area contributed by atoms with Crippen molar-refractivity contribution in [3.63, 3.8) is 0 Å². The van der Waals surface area contributed by atoms with Gasteiger partial charge in [-0.05, 0) is 43.3 Å². The van der Waals surface area contributed by atoms with E-state index in [4.69, 9.17) is 37.9 Å². The molecule has 7 nitrogen and oxygen atoms in total. The number of rotatable bonds is 3. The third-order valence-corrected chi connectivity index (χ3v) is 5.82. The molecule has 0 unspecified atom stereocenters. The molecule has 1 heterocycles. The zero-order valence-corrected chi connectivity index (χ0v) is 20.1. The van der Waals surface area contributed by atoms with E-state index in [1.54, 1.807) is 42.3 Å². The number of fused-ring (bicyclic) bond motifs is 1. The lowest BCUT2D eigenvalue weighted by molar-refractivity contribution is 0.483. The van der Waals surface area contributed by atoms with Gasteiger partial charge in [0, 0.05) is 28.5 Å². The monoisotopic (exact) mass is 505 g/mol. The first-order chi connectivity index (χ1) is 15.6. The van der Waals surface area contributed by atoms with E-state index in [0.29, 0.717) is 21.6 Å². The van der Waals surface area contributed by atoms with E-state index in [2.05, 4.69) is 4.99 Å². The van der Waals surface area contributed by atoms with Crippen molar-refractivity contribution in [2.75, 3.05) is 11.9 Å². The van der Waals surface area contributed by atoms with Gasteiger partial charge in [0.15, 0.2) is 0 Å². The maximum absolute atomic E-state index is 10.5. The molecule has 0 atom stereocenters. The molecule has 0 spiro atoms. The van der Waals surface area contributed by atoms with Crippen molar-refractivity contribution >= 4 is 61.8 Å². The molecule has 172 valence electrons. The first kappa shape index (κ1) is 24.6. The first-order valence-corrected chi connectivity index (χ1v) is 11.8. The van der Waals surface area contributed by atoms with Crippen LogP contribution < -0.4 is 10.6 Å². The van der Waals surface area contributed by atoms with Gasteiger partial charge in [0.25, 0.3) is 10.1 Å². The summed E-state index contributed by atoms with van der Waals surface area (Å²) in [5.74, 6) is 0.819. The van der Waals surface area contributed by atoms with Crippen LogP contribution in [0.2, 0.25) is 10.0 Å². The molecule has 0 saturated carbocycles. The number of nitrogens with two attached hydrogens (primary N) is 1. The summed E-state index contributed by atoms with van der Waals surface area (Å²) in [4.78, 5) is 5.64. The van der Waals surface area contributed by atoms with Crippen LogP contribution in [0, 0.1) is 6.92 Å². The molecular weight excluding hydrogens is 485 g/mol. The maximum Gasteiger partial charge on any atom is 0.294 e. The number of furan rings is 1. The molecule has 0 bridgehead atoms. The lowest BCUT2D eigenvalue weighted by atomic mass is 10.2. The van der Waals surface area contributed by atoms with Gasteiger partial charge in [-0.1, -0.05) is 59.1 Å². The summed E-state index contributed by atoms with van der Waals surface area (Å²) >= 11 is 12.2. The molecule has 0 aliphatic carbocycles. The molecule has 4 aromatic rings. The highest BCUT2D eigenvalue weighted by Gasteiger charge is 2.18. The van der Waals surface area contributed by atoms with Crippen LogP contribution in [0.15, 0.2) is 87.1 Å². The van der Waals surface area contributed by atoms with Gasteiger partial charge in [-0.3, -0.25) is 14.4 Å². The van der Waals surface area contributed by atoms with E-state index >= 15 is 0 Å². The summed E-state index contributed by atoms with van der Waals surface area (Å²) in [6.45, 7) is 1.84. The fourth-order valence-electron chi connectivity index (χ4n) is 2.93. The molecule has 0 radical (unpaired) electrons. The van der Waals surface area contributed by atoms with Crippen molar-refractivity contribution in [3.05, 3.63) is 88.4 Å². The molecule has 0 saturated heterocycles. The van der Waals surface area contributed by atoms with E-state index in [9.17, 15) is 8.42 Å². The smallest absolute Gasteiger partial charge is 0.294 e. The Morgan fingerprint density at radius 2 is 1.61 bits per heavy atom. The van der Waals surface area contributed by atoms with Gasteiger partial charge in [-0.15, -0.1) is 0 Å². The predicted octanol–water partition coefficient (Wildman–Crippen LogP) is 6.06. The van der Waals surface area contributed by atoms with Crippen molar-refractivity contribution < 1.29 is 17.4 Å². The summed E-state index contributed by atoms with van der Waals surface area (Å²) in [7, 11) is -2.41. The number of aryl methyl sites for hydroxylation is 1. The van der Waals surface area contributed by atoms with Crippen molar-refractivity contribution in [1.82, 2.24) is 0 Å². The molecule has 10 heteroatoms. The van der Waals surface area contributed by atoms with Crippen LogP contribution in [-0.4, -0.2) is 26.0 Å². The largest absolute Gasteiger partial charge is 0.440 e. The second kappa shape index (κ2) is 10.3. The highest BCUT2D eigenvalue weighted by Crippen LogP contribution is 2.34. The van der Waals surface area contributed by atoms with E-state index in [-0.39, 0.29) is 10.9 Å². The molecule has 0 fully saturated rings. The SMILES string of the molecule is CN=C(N)N(c1cc(Cl)cc(Cl)c1)c1cc2ccccc2o1.Cc1ccc(S(=O)(=O)O)cc1. The Morgan fingerprint density at radius 3 is 2.15 bits per heavy atom. The van der Waals surface area contributed by atoms with Gasteiger partial charge >= 0.3 is 0 Å². The fraction of sp³-hybridized carbons (Fsp3) is 0.0870. The second-order valence-electron chi connectivity index (χ2n) is 6.96. The van der Waals surface area contributed by atoms with Crippen LogP contribution >= 0.6 is 23.2 Å². The number of aliphatic imine (C=N–C) groups is 1. The Labute approximate surface area is 201 Å². The average Bonchev–Trinajstić information content (AvgIpc) is 3.16. The second-order valence-corrected chi connectivity index (χ2v) is 9.25. The number of hydrogen-bond donors (Lipinski definition) is 2. The van der Waals surface area contributed by atoms with Gasteiger partial charge in [0.2, 0.25) is 11.8 Å². The Balaban J connectivity index is 0.000000235. The zero-order chi connectivity index (χ0) is 24.2. The molecular formula is C23H21Cl2N3O4S. The topological polar surface area (TPSA) is 109 Å². The van der Waals surface area contributed by atoms with Crippen molar-refractivity contribution in [3.8, 4) is 0 Å². The molecule has 3 aromatic carbocycles. The normalized spacial score (nSPS) is 11.7. The quantitative estimate of drug-likeness (QED) is 0.199. The lowest BCUT2D eigenvalue weighted by Crippen LogP contribution is -2.33. The summed E-state index contributed by atoms with van der Waals surface area (Å²) in [5, 5.41) is 1.99. The Morgan fingerprint density at radius 1 is 1.00 bits per heavy atom. The number of anilines is 2. The average molecular weight is 506 g/mol. The van der Waals surface area contributed by atoms with E-state index < -0.39 is 10.1 Å². The molecule has 33 heavy (non-hydrogen) atoms. The minimum atomic E-state index is -4.02. The third kappa shape index (κ3) is 6.27. The standard InChI is InChI=1S/C16H13Cl2N3O.C7H8O3S/c1-20-16(19)21(13-8-11(17)7-12(18)9-13)15-6-10-4-2-3-5-14(10)22-15;1-6-2-4-7(5-3-6)11(8,9)10/h2-9H,1H3,(H2,19,20);2-5H,1H3,(H,8,9,10). The minimum Gasteiger partial charge on any atom is -0.440 e. The summed E-state index contributed by atoms with van der Waals surface area (Å²) in [6.07, 6.45) is 0. The number of para-hydroxylation sites is 1. The zero-order valence-electron chi connectivity index (χ0n) is 17.7. The van der Waals surface area contributed by atoms with Crippen molar-refractivity contribution in [1.29, 1.82) is 0 Å². The molecule has 3 N–H and O–H groups in total. The van der Waals surface area contributed by atoms with Crippen LogP contribution in [0.4, 0.5) is 11.6 Å². The molecule has 0 aliphatic heterocycles. The summed E-state index contributed by atoms with van der Waals surface area (Å²) < 4.78 is 35.4. The van der Waals surface area contributed by atoms with Gasteiger partial charge in [0.05, 0.1) is 10.6 Å². The summed E-state index contributed by atoms with van der Waals surface area (Å²) in [5.41, 5.74) is 8.43. The van der Waals surface area contributed by atoms with E-state index in [1.165, 1.54) is 12.1 Å². The number of guanidine groups is 1. The highest BCUT2D eigenvalue weighted by atomic mass is 35.5. The number of nitrogens with zero attached hydrogens (tertiary/aromatic N) is 2. The molecule has 0 aliphatic rings. The van der Waals surface area contributed by atoms with Crippen molar-refractivity contribution in [2.24, 2.45) is 10.7 Å². The highest BCUT2D eigenvalue weighted by molar-refractivity contribution is 7.85. The Hall–Kier alpha value is -3.04. The van der Waals surface area contributed by atoms with Gasteiger partial charge in [0.1, 0.15) is 5.58 Å². The molecule has 0 amide bonds. The van der Waals surface area contributed by atoms with Crippen LogP contribution in [0.3, 0.4) is 0 Å². The van der Waals surface area contributed by atoms with Crippen LogP contribution in [0.5, 0.6) is 0 Å². The van der Waals surface area contributed by atoms with Gasteiger partial charge < -0.3 is 10.2 Å². The van der Waals surface area contributed by atoms with Crippen LogP contribution in [0.25, 0.3) is 11.0 Å². The van der Waals surface area contributed by atoms with Crippen molar-refractivity contribution in [2.45, 2.75) is 11.8 Å². The number of benzene rings is 3. The lowest BCUT2D eigenvalue weighted by Gasteiger charge is -2.21. The number of hydrogen-bond acceptors (Lipinski definition) is 4. The van der Waals surface area contributed by atoms with E-state index in [0.717, 1.165) is 16.5 Å². The van der Waals surface area contributed by atoms with E-state index in [1.807, 2.05) is 37.3 Å². The maximum atomic E-state index is 10.5. The fourth-order valence-corrected chi connectivity index (χ4v) is 3.92. The Kier molecular flexibility index (Phi) is 7.65. The Bertz CT molecular complexity index is 1350. The predicted molar refractivity (Wildman–Crippen MR) is 133 cm³/mol. The minimum absolute atomic E-state index is 0.0666. The molecule has 4 rings (SSSR count). The number of halogens is 2. The van der Waals surface area contributed by atoms with Crippen LogP contribution in [-0.2, 0) is 10.1 Å². The van der Waals surface area contributed by atoms with Gasteiger partial charge in [-0.25, -0.2) is 0 Å². The molecule has 1 aromatic heterocycles. The van der Waals surface area contributed by atoms with Gasteiger partial charge in [-0.2, -0.15) is 8.42 Å². The third-order valence-electron chi connectivity index (χ3n) is 4.52. The first-order valence-electron chi connectivity index (χ1n) is 9.59. The van der Waals surface area contributed by atoms with Crippen LogP contribution in [0.1, 0.15) is 5.56 Å².